The Balaban J connectivity index is 1.71. The molecule has 1 aromatic carbocycles. The van der Waals surface area contributed by atoms with Crippen molar-refractivity contribution >= 4 is 34.1 Å². The molecule has 3 aromatic rings. The molecule has 0 saturated carbocycles. The van der Waals surface area contributed by atoms with Gasteiger partial charge in [-0.15, -0.1) is 22.0 Å². The molecule has 0 unspecified atom stereocenters. The molecule has 0 radical (unpaired) electrons. The molecule has 0 saturated heterocycles. The Labute approximate surface area is 153 Å². The number of rotatable bonds is 6. The maximum absolute atomic E-state index is 12.6. The highest BCUT2D eigenvalue weighted by Gasteiger charge is 2.15. The number of hydrogen-bond donors (Lipinski definition) is 1. The molecule has 25 heavy (non-hydrogen) atoms. The minimum atomic E-state index is -0.212. The summed E-state index contributed by atoms with van der Waals surface area (Å²) in [5.74, 6) is 1.70. The smallest absolute Gasteiger partial charge is 0.258 e. The number of hydrogen-bond acceptors (Lipinski definition) is 8. The van der Waals surface area contributed by atoms with E-state index >= 15 is 0 Å². The van der Waals surface area contributed by atoms with E-state index in [-0.39, 0.29) is 11.8 Å². The zero-order chi connectivity index (χ0) is 17.8. The molecule has 1 amide bonds. The second-order valence-corrected chi connectivity index (χ2v) is 7.60. The van der Waals surface area contributed by atoms with Crippen molar-refractivity contribution < 1.29 is 9.32 Å². The van der Waals surface area contributed by atoms with Gasteiger partial charge in [0.2, 0.25) is 11.0 Å². The first-order chi connectivity index (χ1) is 12.0. The Morgan fingerprint density at radius 3 is 2.80 bits per heavy atom. The summed E-state index contributed by atoms with van der Waals surface area (Å²) in [4.78, 5) is 17.6. The maximum atomic E-state index is 12.6. The van der Waals surface area contributed by atoms with E-state index in [0.717, 1.165) is 9.90 Å². The lowest BCUT2D eigenvalue weighted by atomic mass is 10.2. The van der Waals surface area contributed by atoms with E-state index in [2.05, 4.69) is 25.7 Å². The van der Waals surface area contributed by atoms with E-state index in [1.165, 1.54) is 23.1 Å². The summed E-state index contributed by atoms with van der Waals surface area (Å²) in [5, 5.41) is 16.1. The Bertz CT molecular complexity index is 875. The highest BCUT2D eigenvalue weighted by Crippen LogP contribution is 2.27. The van der Waals surface area contributed by atoms with Crippen LogP contribution in [-0.4, -0.2) is 26.2 Å². The van der Waals surface area contributed by atoms with E-state index in [0.29, 0.717) is 28.2 Å². The Morgan fingerprint density at radius 1 is 1.32 bits per heavy atom. The number of aromatic nitrogens is 4. The van der Waals surface area contributed by atoms with Gasteiger partial charge in [-0.25, -0.2) is 0 Å². The van der Waals surface area contributed by atoms with Crippen molar-refractivity contribution in [1.82, 2.24) is 20.3 Å². The summed E-state index contributed by atoms with van der Waals surface area (Å²) in [6, 6.07) is 7.39. The van der Waals surface area contributed by atoms with Crippen LogP contribution in [0.4, 0.5) is 5.13 Å². The van der Waals surface area contributed by atoms with Gasteiger partial charge in [-0.1, -0.05) is 42.5 Å². The van der Waals surface area contributed by atoms with Crippen LogP contribution in [0.3, 0.4) is 0 Å². The third-order valence-corrected chi connectivity index (χ3v) is 5.41. The predicted octanol–water partition coefficient (Wildman–Crippen LogP) is 3.90. The summed E-state index contributed by atoms with van der Waals surface area (Å²) < 4.78 is 5.11. The van der Waals surface area contributed by atoms with Gasteiger partial charge in [-0.3, -0.25) is 10.1 Å². The number of aryl methyl sites for hydroxylation is 1. The van der Waals surface area contributed by atoms with E-state index in [4.69, 9.17) is 4.52 Å². The first-order valence-electron chi connectivity index (χ1n) is 7.68. The van der Waals surface area contributed by atoms with Gasteiger partial charge in [0, 0.05) is 10.8 Å². The molecule has 2 heterocycles. The molecule has 9 heteroatoms. The minimum Gasteiger partial charge on any atom is -0.338 e. The second kappa shape index (κ2) is 7.75. The summed E-state index contributed by atoms with van der Waals surface area (Å²) in [6.45, 7) is 5.85. The van der Waals surface area contributed by atoms with Gasteiger partial charge in [-0.05, 0) is 19.1 Å². The molecule has 130 valence electrons. The summed E-state index contributed by atoms with van der Waals surface area (Å²) >= 11 is 2.86. The zero-order valence-electron chi connectivity index (χ0n) is 14.0. The van der Waals surface area contributed by atoms with Crippen molar-refractivity contribution in [2.45, 2.75) is 37.3 Å². The topological polar surface area (TPSA) is 93.8 Å². The summed E-state index contributed by atoms with van der Waals surface area (Å²) in [7, 11) is 0. The van der Waals surface area contributed by atoms with Crippen LogP contribution in [0.1, 0.15) is 46.8 Å². The highest BCUT2D eigenvalue weighted by molar-refractivity contribution is 7.98. The molecule has 0 fully saturated rings. The summed E-state index contributed by atoms with van der Waals surface area (Å²) in [6.07, 6.45) is 0. The van der Waals surface area contributed by atoms with Gasteiger partial charge in [0.15, 0.2) is 5.82 Å². The third kappa shape index (κ3) is 4.43. The molecular weight excluding hydrogens is 358 g/mol. The molecule has 0 aliphatic rings. The highest BCUT2D eigenvalue weighted by atomic mass is 32.2. The van der Waals surface area contributed by atoms with Crippen molar-refractivity contribution in [2.75, 3.05) is 5.32 Å². The van der Waals surface area contributed by atoms with Gasteiger partial charge in [0.1, 0.15) is 5.01 Å². The number of thioether (sulfide) groups is 1. The van der Waals surface area contributed by atoms with Crippen LogP contribution in [0.2, 0.25) is 0 Å². The Kier molecular flexibility index (Phi) is 5.44. The fourth-order valence-corrected chi connectivity index (χ4v) is 3.63. The van der Waals surface area contributed by atoms with Gasteiger partial charge >= 0.3 is 0 Å². The molecule has 0 atom stereocenters. The quantitative estimate of drug-likeness (QED) is 0.653. The maximum Gasteiger partial charge on any atom is 0.258 e. The van der Waals surface area contributed by atoms with Crippen LogP contribution in [0.25, 0.3) is 0 Å². The van der Waals surface area contributed by atoms with Crippen LogP contribution in [0, 0.1) is 6.92 Å². The van der Waals surface area contributed by atoms with Crippen LogP contribution in [-0.2, 0) is 5.75 Å². The second-order valence-electron chi connectivity index (χ2n) is 5.57. The van der Waals surface area contributed by atoms with Gasteiger partial charge in [-0.2, -0.15) is 4.98 Å². The van der Waals surface area contributed by atoms with Crippen LogP contribution in [0.5, 0.6) is 0 Å². The van der Waals surface area contributed by atoms with Gasteiger partial charge in [0.25, 0.3) is 5.91 Å². The number of carbonyl (C=O) groups excluding carboxylic acids is 1. The minimum absolute atomic E-state index is 0.212. The van der Waals surface area contributed by atoms with Crippen molar-refractivity contribution in [3.63, 3.8) is 0 Å². The van der Waals surface area contributed by atoms with Crippen molar-refractivity contribution in [2.24, 2.45) is 0 Å². The fraction of sp³-hybridized carbons (Fsp3) is 0.312. The van der Waals surface area contributed by atoms with Crippen molar-refractivity contribution in [3.8, 4) is 0 Å². The van der Waals surface area contributed by atoms with Crippen LogP contribution in [0.15, 0.2) is 33.7 Å². The molecule has 0 spiro atoms. The number of carbonyl (C=O) groups is 1. The van der Waals surface area contributed by atoms with Gasteiger partial charge < -0.3 is 4.52 Å². The molecule has 3 rings (SSSR count). The Hall–Kier alpha value is -2.26. The normalized spacial score (nSPS) is 11.0. The number of anilines is 1. The van der Waals surface area contributed by atoms with E-state index < -0.39 is 0 Å². The Morgan fingerprint density at radius 2 is 2.12 bits per heavy atom. The summed E-state index contributed by atoms with van der Waals surface area (Å²) in [5.41, 5.74) is 0.574. The SMILES string of the molecule is Cc1noc(CSc2ccccc2C(=O)Nc2nnc(C(C)C)s2)n1. The molecular formula is C16H17N5O2S2. The van der Waals surface area contributed by atoms with Crippen LogP contribution >= 0.6 is 23.1 Å². The van der Waals surface area contributed by atoms with Crippen LogP contribution < -0.4 is 5.32 Å². The van der Waals surface area contributed by atoms with Crippen molar-refractivity contribution in [1.29, 1.82) is 0 Å². The lowest BCUT2D eigenvalue weighted by molar-refractivity contribution is 0.102. The molecule has 0 aliphatic heterocycles. The fourth-order valence-electron chi connectivity index (χ4n) is 2.00. The number of nitrogens with zero attached hydrogens (tertiary/aromatic N) is 4. The molecule has 0 aliphatic carbocycles. The predicted molar refractivity (Wildman–Crippen MR) is 97.0 cm³/mol. The molecule has 2 aromatic heterocycles. The number of nitrogens with one attached hydrogen (secondary N) is 1. The van der Waals surface area contributed by atoms with E-state index in [1.54, 1.807) is 13.0 Å². The average molecular weight is 375 g/mol. The monoisotopic (exact) mass is 375 g/mol. The van der Waals surface area contributed by atoms with Crippen molar-refractivity contribution in [3.05, 3.63) is 46.6 Å². The third-order valence-electron chi connectivity index (χ3n) is 3.21. The lowest BCUT2D eigenvalue weighted by Gasteiger charge is -2.07. The molecule has 7 nitrogen and oxygen atoms in total. The first kappa shape index (κ1) is 17.6. The van der Waals surface area contributed by atoms with E-state index in [9.17, 15) is 4.79 Å². The number of benzene rings is 1. The zero-order valence-corrected chi connectivity index (χ0v) is 15.6. The average Bonchev–Trinajstić information content (AvgIpc) is 3.22. The number of amides is 1. The standard InChI is InChI=1S/C16H17N5O2S2/c1-9(2)15-19-20-16(25-15)18-14(22)11-6-4-5-7-12(11)24-8-13-17-10(3)21-23-13/h4-7,9H,8H2,1-3H3,(H,18,20,22). The first-order valence-corrected chi connectivity index (χ1v) is 9.49. The largest absolute Gasteiger partial charge is 0.338 e. The molecule has 1 N–H and O–H groups in total. The van der Waals surface area contributed by atoms with Gasteiger partial charge in [0.05, 0.1) is 11.3 Å². The molecule has 0 bridgehead atoms. The lowest BCUT2D eigenvalue weighted by Crippen LogP contribution is -2.12. The van der Waals surface area contributed by atoms with E-state index in [1.807, 2.05) is 32.0 Å².